The summed E-state index contributed by atoms with van der Waals surface area (Å²) in [5.41, 5.74) is -0.141. The van der Waals surface area contributed by atoms with Crippen LogP contribution in [0.2, 0.25) is 0 Å². The number of carbonyl (C=O) groups excluding carboxylic acids is 1. The van der Waals surface area contributed by atoms with Crippen LogP contribution in [0.15, 0.2) is 35.9 Å². The van der Waals surface area contributed by atoms with E-state index in [0.717, 1.165) is 37.8 Å². The number of hydrogen-bond donors (Lipinski definition) is 2. The fourth-order valence-electron chi connectivity index (χ4n) is 3.37. The third-order valence-corrected chi connectivity index (χ3v) is 5.87. The molecule has 0 aliphatic carbocycles. The molecule has 1 aromatic rings. The number of nitrogens with zero attached hydrogens (tertiary/aromatic N) is 1. The van der Waals surface area contributed by atoms with E-state index in [1.165, 1.54) is 23.9 Å². The first kappa shape index (κ1) is 18.1. The van der Waals surface area contributed by atoms with Crippen LogP contribution >= 0.6 is 11.8 Å². The van der Waals surface area contributed by atoms with Gasteiger partial charge in [0.1, 0.15) is 5.69 Å². The average molecular weight is 372 g/mol. The summed E-state index contributed by atoms with van der Waals surface area (Å²) in [5, 5.41) is 7.16. The number of alkyl halides is 3. The lowest BCUT2D eigenvalue weighted by molar-refractivity contribution is -0.137. The summed E-state index contributed by atoms with van der Waals surface area (Å²) in [6, 6.07) is 4.74. The zero-order valence-electron chi connectivity index (χ0n) is 13.9. The standard InChI is InChI=1S/C17H20F3N3OS/c1-2-3-4-5-11-23(15(24)22-17(23)21-10-12-25-17)14-8-6-13(7-9-14)16(18,19)20/h6-10,12,21H,2-5,11H2,1H3/p+1. The van der Waals surface area contributed by atoms with Gasteiger partial charge in [0.05, 0.1) is 12.1 Å². The zero-order valence-corrected chi connectivity index (χ0v) is 14.7. The number of quaternary nitrogens is 1. The van der Waals surface area contributed by atoms with Gasteiger partial charge in [-0.3, -0.25) is 0 Å². The van der Waals surface area contributed by atoms with E-state index < -0.39 is 16.9 Å². The molecule has 2 atom stereocenters. The maximum absolute atomic E-state index is 12.9. The predicted molar refractivity (Wildman–Crippen MR) is 93.4 cm³/mol. The van der Waals surface area contributed by atoms with E-state index in [4.69, 9.17) is 0 Å². The number of urea groups is 1. The second-order valence-electron chi connectivity index (χ2n) is 6.28. The van der Waals surface area contributed by atoms with Crippen molar-refractivity contribution in [2.24, 2.45) is 0 Å². The van der Waals surface area contributed by atoms with E-state index in [-0.39, 0.29) is 10.5 Å². The molecule has 0 bridgehead atoms. The summed E-state index contributed by atoms with van der Waals surface area (Å²) in [6.07, 6.45) is 1.33. The highest BCUT2D eigenvalue weighted by Gasteiger charge is 2.70. The molecule has 1 fully saturated rings. The Kier molecular flexibility index (Phi) is 4.76. The summed E-state index contributed by atoms with van der Waals surface area (Å²) in [7, 11) is 0. The first-order valence-corrected chi connectivity index (χ1v) is 9.23. The lowest BCUT2D eigenvalue weighted by Gasteiger charge is -2.54. The van der Waals surface area contributed by atoms with Crippen molar-refractivity contribution in [3.05, 3.63) is 41.4 Å². The van der Waals surface area contributed by atoms with Crippen LogP contribution in [0.1, 0.15) is 38.2 Å². The molecule has 2 heterocycles. The van der Waals surface area contributed by atoms with E-state index in [0.29, 0.717) is 12.2 Å². The Hall–Kier alpha value is -1.67. The van der Waals surface area contributed by atoms with Crippen LogP contribution in [0.25, 0.3) is 0 Å². The van der Waals surface area contributed by atoms with Gasteiger partial charge in [0.15, 0.2) is 0 Å². The van der Waals surface area contributed by atoms with Crippen molar-refractivity contribution >= 4 is 23.5 Å². The highest BCUT2D eigenvalue weighted by molar-refractivity contribution is 8.03. The second kappa shape index (κ2) is 6.57. The topological polar surface area (TPSA) is 41.1 Å². The van der Waals surface area contributed by atoms with Gasteiger partial charge in [-0.05, 0) is 42.1 Å². The number of unbranched alkanes of at least 4 members (excludes halogenated alkanes) is 3. The smallest absolute Gasteiger partial charge is 0.311 e. The Morgan fingerprint density at radius 1 is 1.16 bits per heavy atom. The van der Waals surface area contributed by atoms with Crippen molar-refractivity contribution in [2.75, 3.05) is 6.54 Å². The van der Waals surface area contributed by atoms with Gasteiger partial charge in [-0.15, -0.1) is 0 Å². The van der Waals surface area contributed by atoms with E-state index in [1.54, 1.807) is 6.20 Å². The van der Waals surface area contributed by atoms with Gasteiger partial charge in [-0.2, -0.15) is 17.7 Å². The molecule has 8 heteroatoms. The number of rotatable bonds is 6. The molecule has 2 amide bonds. The Labute approximate surface area is 149 Å². The van der Waals surface area contributed by atoms with Gasteiger partial charge < -0.3 is 5.32 Å². The van der Waals surface area contributed by atoms with Gasteiger partial charge >= 0.3 is 17.3 Å². The number of thioether (sulfide) groups is 1. The van der Waals surface area contributed by atoms with E-state index in [2.05, 4.69) is 17.6 Å². The minimum atomic E-state index is -4.39. The third-order valence-electron chi connectivity index (χ3n) is 4.73. The number of halogens is 3. The summed E-state index contributed by atoms with van der Waals surface area (Å²) >= 11 is 1.44. The van der Waals surface area contributed by atoms with Crippen molar-refractivity contribution in [2.45, 2.75) is 43.9 Å². The van der Waals surface area contributed by atoms with Crippen LogP contribution in [0.5, 0.6) is 0 Å². The minimum absolute atomic E-state index is 0.0352. The maximum atomic E-state index is 12.9. The summed E-state index contributed by atoms with van der Waals surface area (Å²) < 4.78 is 38.5. The van der Waals surface area contributed by atoms with E-state index >= 15 is 0 Å². The molecule has 2 unspecified atom stereocenters. The quantitative estimate of drug-likeness (QED) is 0.560. The molecular formula is C17H21F3N3OS+. The van der Waals surface area contributed by atoms with Gasteiger partial charge in [-0.1, -0.05) is 19.8 Å². The molecule has 1 saturated heterocycles. The molecule has 25 heavy (non-hydrogen) atoms. The molecule has 0 aromatic heterocycles. The van der Waals surface area contributed by atoms with E-state index in [1.807, 2.05) is 5.41 Å². The Balaban J connectivity index is 1.93. The largest absolute Gasteiger partial charge is 0.433 e. The van der Waals surface area contributed by atoms with Crippen molar-refractivity contribution in [3.63, 3.8) is 0 Å². The van der Waals surface area contributed by atoms with Crippen LogP contribution in [0.3, 0.4) is 0 Å². The summed E-state index contributed by atoms with van der Waals surface area (Å²) in [6.45, 7) is 2.65. The van der Waals surface area contributed by atoms with Gasteiger partial charge in [0.25, 0.3) is 0 Å². The van der Waals surface area contributed by atoms with Crippen LogP contribution in [0, 0.1) is 0 Å². The number of amides is 2. The molecule has 1 spiro atoms. The van der Waals surface area contributed by atoms with Gasteiger partial charge in [0.2, 0.25) is 0 Å². The number of carbonyl (C=O) groups is 1. The molecule has 2 aliphatic heterocycles. The lowest BCUT2D eigenvalue weighted by atomic mass is 10.1. The van der Waals surface area contributed by atoms with E-state index in [9.17, 15) is 18.0 Å². The van der Waals surface area contributed by atoms with Crippen molar-refractivity contribution in [1.82, 2.24) is 15.1 Å². The Morgan fingerprint density at radius 3 is 2.40 bits per heavy atom. The predicted octanol–water partition coefficient (Wildman–Crippen LogP) is 4.74. The molecule has 0 radical (unpaired) electrons. The first-order chi connectivity index (χ1) is 11.9. The van der Waals surface area contributed by atoms with Crippen LogP contribution in [-0.2, 0) is 6.18 Å². The van der Waals surface area contributed by atoms with Crippen molar-refractivity contribution < 1.29 is 18.0 Å². The number of hydrogen-bond acceptors (Lipinski definition) is 3. The SMILES string of the molecule is CCCCCC[N+]1(c2ccc(C(F)(F)F)cc2)C(=O)NC12NC=CS2. The first-order valence-electron chi connectivity index (χ1n) is 8.35. The maximum Gasteiger partial charge on any atom is 0.433 e. The fraction of sp³-hybridized carbons (Fsp3) is 0.471. The van der Waals surface area contributed by atoms with Crippen molar-refractivity contribution in [3.8, 4) is 0 Å². The highest BCUT2D eigenvalue weighted by Crippen LogP contribution is 2.47. The monoisotopic (exact) mass is 372 g/mol. The molecule has 3 rings (SSSR count). The molecule has 1 aromatic carbocycles. The second-order valence-corrected chi connectivity index (χ2v) is 7.38. The minimum Gasteiger partial charge on any atom is -0.311 e. The molecule has 2 aliphatic rings. The molecular weight excluding hydrogens is 351 g/mol. The van der Waals surface area contributed by atoms with Crippen LogP contribution in [0.4, 0.5) is 23.7 Å². The summed E-state index contributed by atoms with van der Waals surface area (Å²) in [4.78, 5) is 12.6. The fourth-order valence-corrected chi connectivity index (χ4v) is 4.45. The van der Waals surface area contributed by atoms with Crippen LogP contribution < -0.4 is 15.1 Å². The normalized spacial score (nSPS) is 27.9. The average Bonchev–Trinajstić information content (AvgIpc) is 3.05. The number of benzene rings is 1. The molecule has 0 saturated carbocycles. The van der Waals surface area contributed by atoms with Crippen LogP contribution in [-0.4, -0.2) is 17.7 Å². The summed E-state index contributed by atoms with van der Waals surface area (Å²) in [5.74, 6) is 0. The molecule has 2 N–H and O–H groups in total. The lowest BCUT2D eigenvalue weighted by Crippen LogP contribution is -2.90. The number of nitrogens with one attached hydrogen (secondary N) is 2. The highest BCUT2D eigenvalue weighted by atomic mass is 32.2. The molecule has 4 nitrogen and oxygen atoms in total. The van der Waals surface area contributed by atoms with Gasteiger partial charge in [-0.25, -0.2) is 10.1 Å². The Bertz CT molecular complexity index is 667. The third kappa shape index (κ3) is 2.91. The van der Waals surface area contributed by atoms with Gasteiger partial charge in [0, 0.05) is 18.3 Å². The molecule has 136 valence electrons. The van der Waals surface area contributed by atoms with Crippen molar-refractivity contribution in [1.29, 1.82) is 0 Å². The Morgan fingerprint density at radius 2 is 1.88 bits per heavy atom. The zero-order chi connectivity index (χ0) is 18.1.